The van der Waals surface area contributed by atoms with Crippen molar-refractivity contribution in [1.82, 2.24) is 14.8 Å². The van der Waals surface area contributed by atoms with E-state index in [1.54, 1.807) is 13.3 Å². The van der Waals surface area contributed by atoms with Gasteiger partial charge in [-0.3, -0.25) is 0 Å². The summed E-state index contributed by atoms with van der Waals surface area (Å²) in [6, 6.07) is 1.92. The largest absolute Gasteiger partial charge is 0.496 e. The molecule has 0 radical (unpaired) electrons. The number of fused-ring (bicyclic) bond motifs is 1. The van der Waals surface area contributed by atoms with Gasteiger partial charge in [-0.1, -0.05) is 0 Å². The summed E-state index contributed by atoms with van der Waals surface area (Å²) < 4.78 is 13.4. The molecule has 1 saturated heterocycles. The molecule has 106 valence electrons. The molecule has 0 amide bonds. The summed E-state index contributed by atoms with van der Waals surface area (Å²) in [4.78, 5) is 4.54. The first-order valence-corrected chi connectivity index (χ1v) is 7.41. The molecule has 0 spiro atoms. The Hall–Kier alpha value is -1.62. The lowest BCUT2D eigenvalue weighted by atomic mass is 10.2. The van der Waals surface area contributed by atoms with Gasteiger partial charge in [0.2, 0.25) is 0 Å². The molecule has 20 heavy (non-hydrogen) atoms. The van der Waals surface area contributed by atoms with Gasteiger partial charge in [-0.25, -0.2) is 9.67 Å². The van der Waals surface area contributed by atoms with Gasteiger partial charge in [-0.2, -0.15) is 5.10 Å². The number of pyridine rings is 1. The van der Waals surface area contributed by atoms with Crippen molar-refractivity contribution in [1.29, 1.82) is 0 Å². The number of rotatable bonds is 3. The van der Waals surface area contributed by atoms with Crippen LogP contribution in [-0.4, -0.2) is 28.5 Å². The molecule has 2 fully saturated rings. The molecule has 1 atom stereocenters. The second-order valence-electron chi connectivity index (χ2n) is 5.64. The summed E-state index contributed by atoms with van der Waals surface area (Å²) in [5.41, 5.74) is 2.04. The van der Waals surface area contributed by atoms with E-state index in [4.69, 9.17) is 14.6 Å². The Morgan fingerprint density at radius 1 is 1.30 bits per heavy atom. The van der Waals surface area contributed by atoms with E-state index in [2.05, 4.69) is 4.98 Å². The molecule has 1 unspecified atom stereocenters. The van der Waals surface area contributed by atoms with Crippen LogP contribution in [0.25, 0.3) is 11.0 Å². The predicted octanol–water partition coefficient (Wildman–Crippen LogP) is 3.02. The van der Waals surface area contributed by atoms with Crippen molar-refractivity contribution in [2.75, 3.05) is 13.7 Å². The lowest BCUT2D eigenvalue weighted by molar-refractivity contribution is -0.0372. The zero-order chi connectivity index (χ0) is 13.5. The highest BCUT2D eigenvalue weighted by molar-refractivity contribution is 5.86. The Morgan fingerprint density at radius 2 is 2.20 bits per heavy atom. The number of aromatic nitrogens is 3. The lowest BCUT2D eigenvalue weighted by Gasteiger charge is -2.23. The maximum absolute atomic E-state index is 5.88. The monoisotopic (exact) mass is 273 g/mol. The SMILES string of the molecule is COc1ccnc2c1c(C1CC1)nn2C1CCCCO1. The van der Waals surface area contributed by atoms with Gasteiger partial charge in [0.25, 0.3) is 0 Å². The van der Waals surface area contributed by atoms with E-state index in [-0.39, 0.29) is 6.23 Å². The molecule has 2 aliphatic rings. The number of hydrogen-bond acceptors (Lipinski definition) is 4. The minimum Gasteiger partial charge on any atom is -0.496 e. The quantitative estimate of drug-likeness (QED) is 0.862. The van der Waals surface area contributed by atoms with Crippen molar-refractivity contribution in [3.05, 3.63) is 18.0 Å². The van der Waals surface area contributed by atoms with Crippen LogP contribution in [0.4, 0.5) is 0 Å². The van der Waals surface area contributed by atoms with Crippen LogP contribution in [0.3, 0.4) is 0 Å². The van der Waals surface area contributed by atoms with E-state index >= 15 is 0 Å². The van der Waals surface area contributed by atoms with Crippen LogP contribution in [0.15, 0.2) is 12.3 Å². The van der Waals surface area contributed by atoms with Gasteiger partial charge in [0.05, 0.1) is 18.2 Å². The van der Waals surface area contributed by atoms with E-state index in [1.807, 2.05) is 10.7 Å². The Balaban J connectivity index is 1.88. The van der Waals surface area contributed by atoms with Gasteiger partial charge < -0.3 is 9.47 Å². The third-order valence-corrected chi connectivity index (χ3v) is 4.19. The minimum atomic E-state index is 0.0263. The third kappa shape index (κ3) is 1.88. The molecule has 1 aliphatic heterocycles. The van der Waals surface area contributed by atoms with Crippen LogP contribution in [0, 0.1) is 0 Å². The Bertz CT molecular complexity index is 627. The first-order valence-electron chi connectivity index (χ1n) is 7.41. The fraction of sp³-hybridized carbons (Fsp3) is 0.600. The Labute approximate surface area is 117 Å². The number of hydrogen-bond donors (Lipinski definition) is 0. The van der Waals surface area contributed by atoms with E-state index in [9.17, 15) is 0 Å². The van der Waals surface area contributed by atoms with Crippen molar-refractivity contribution >= 4 is 11.0 Å². The van der Waals surface area contributed by atoms with Gasteiger partial charge >= 0.3 is 0 Å². The van der Waals surface area contributed by atoms with Crippen LogP contribution in [0.1, 0.15) is 49.9 Å². The van der Waals surface area contributed by atoms with Crippen molar-refractivity contribution in [2.24, 2.45) is 0 Å². The molecule has 5 nitrogen and oxygen atoms in total. The maximum atomic E-state index is 5.88. The average Bonchev–Trinajstić information content (AvgIpc) is 3.28. The zero-order valence-corrected chi connectivity index (χ0v) is 11.7. The topological polar surface area (TPSA) is 49.2 Å². The highest BCUT2D eigenvalue weighted by Gasteiger charge is 2.32. The van der Waals surface area contributed by atoms with Crippen LogP contribution in [0.2, 0.25) is 0 Å². The summed E-state index contributed by atoms with van der Waals surface area (Å²) in [7, 11) is 1.71. The number of nitrogens with zero attached hydrogens (tertiary/aromatic N) is 3. The number of methoxy groups -OCH3 is 1. The van der Waals surface area contributed by atoms with Crippen molar-refractivity contribution in [2.45, 2.75) is 44.2 Å². The van der Waals surface area contributed by atoms with Crippen LogP contribution < -0.4 is 4.74 Å². The van der Waals surface area contributed by atoms with Gasteiger partial charge in [-0.05, 0) is 38.2 Å². The smallest absolute Gasteiger partial charge is 0.164 e. The van der Waals surface area contributed by atoms with Crippen molar-refractivity contribution in [3.63, 3.8) is 0 Å². The summed E-state index contributed by atoms with van der Waals surface area (Å²) in [6.07, 6.45) is 7.60. The molecule has 3 heterocycles. The lowest BCUT2D eigenvalue weighted by Crippen LogP contribution is -2.19. The molecule has 5 heteroatoms. The highest BCUT2D eigenvalue weighted by Crippen LogP contribution is 2.45. The Kier molecular flexibility index (Phi) is 2.88. The summed E-state index contributed by atoms with van der Waals surface area (Å²) in [5, 5.41) is 5.91. The zero-order valence-electron chi connectivity index (χ0n) is 11.7. The predicted molar refractivity (Wildman–Crippen MR) is 74.9 cm³/mol. The molecule has 2 aromatic rings. The molecular formula is C15H19N3O2. The molecule has 2 aromatic heterocycles. The van der Waals surface area contributed by atoms with Crippen LogP contribution in [0.5, 0.6) is 5.75 Å². The van der Waals surface area contributed by atoms with E-state index in [0.29, 0.717) is 5.92 Å². The standard InChI is InChI=1S/C15H19N3O2/c1-19-11-7-8-16-15-13(11)14(10-5-6-10)17-18(15)12-4-2-3-9-20-12/h7-8,10,12H,2-6,9H2,1H3. The normalized spacial score (nSPS) is 23.1. The van der Waals surface area contributed by atoms with Crippen molar-refractivity contribution in [3.8, 4) is 5.75 Å². The molecule has 0 bridgehead atoms. The van der Waals surface area contributed by atoms with Crippen LogP contribution in [-0.2, 0) is 4.74 Å². The molecule has 0 aromatic carbocycles. The van der Waals surface area contributed by atoms with E-state index < -0.39 is 0 Å². The fourth-order valence-electron chi connectivity index (χ4n) is 2.99. The van der Waals surface area contributed by atoms with Gasteiger partial charge in [-0.15, -0.1) is 0 Å². The van der Waals surface area contributed by atoms with Gasteiger partial charge in [0, 0.05) is 18.7 Å². The summed E-state index contributed by atoms with van der Waals surface area (Å²) in [5.74, 6) is 1.44. The third-order valence-electron chi connectivity index (χ3n) is 4.19. The highest BCUT2D eigenvalue weighted by atomic mass is 16.5. The summed E-state index contributed by atoms with van der Waals surface area (Å²) >= 11 is 0. The second kappa shape index (κ2) is 4.74. The average molecular weight is 273 g/mol. The molecule has 1 saturated carbocycles. The Morgan fingerprint density at radius 3 is 2.90 bits per heavy atom. The molecule has 4 rings (SSSR count). The minimum absolute atomic E-state index is 0.0263. The fourth-order valence-corrected chi connectivity index (χ4v) is 2.99. The summed E-state index contributed by atoms with van der Waals surface area (Å²) in [6.45, 7) is 0.814. The van der Waals surface area contributed by atoms with E-state index in [0.717, 1.165) is 41.9 Å². The maximum Gasteiger partial charge on any atom is 0.164 e. The molecule has 1 aliphatic carbocycles. The van der Waals surface area contributed by atoms with Crippen molar-refractivity contribution < 1.29 is 9.47 Å². The van der Waals surface area contributed by atoms with Crippen LogP contribution >= 0.6 is 0 Å². The number of ether oxygens (including phenoxy) is 2. The first-order chi connectivity index (χ1) is 9.88. The second-order valence-corrected chi connectivity index (χ2v) is 5.64. The molecular weight excluding hydrogens is 254 g/mol. The molecule has 0 N–H and O–H groups in total. The van der Waals surface area contributed by atoms with E-state index in [1.165, 1.54) is 19.3 Å². The first kappa shape index (κ1) is 12.1. The van der Waals surface area contributed by atoms with Gasteiger partial charge in [0.15, 0.2) is 11.9 Å². The van der Waals surface area contributed by atoms with Gasteiger partial charge in [0.1, 0.15) is 5.75 Å².